The lowest BCUT2D eigenvalue weighted by atomic mass is 10.2. The Kier molecular flexibility index (Phi) is 5.49. The smallest absolute Gasteiger partial charge is 0.151 e. The van der Waals surface area contributed by atoms with Crippen molar-refractivity contribution in [3.05, 3.63) is 35.9 Å². The van der Waals surface area contributed by atoms with E-state index in [4.69, 9.17) is 0 Å². The van der Waals surface area contributed by atoms with Gasteiger partial charge >= 0.3 is 0 Å². The average molecular weight is 241 g/mol. The molecule has 4 heteroatoms. The largest absolute Gasteiger partial charge is 0.312 e. The van der Waals surface area contributed by atoms with E-state index in [0.29, 0.717) is 18.7 Å². The molecule has 0 unspecified atom stereocenters. The Balaban J connectivity index is 2.22. The SMILES string of the molecule is CCCS(=O)(=O)CCNCc1ccccc1. The predicted molar refractivity (Wildman–Crippen MR) is 67.1 cm³/mol. The third kappa shape index (κ3) is 5.28. The van der Waals surface area contributed by atoms with Crippen molar-refractivity contribution in [1.82, 2.24) is 5.32 Å². The molecule has 0 spiro atoms. The van der Waals surface area contributed by atoms with E-state index >= 15 is 0 Å². The Morgan fingerprint density at radius 2 is 1.81 bits per heavy atom. The van der Waals surface area contributed by atoms with Gasteiger partial charge in [-0.25, -0.2) is 8.42 Å². The Labute approximate surface area is 97.8 Å². The van der Waals surface area contributed by atoms with Crippen LogP contribution in [0.4, 0.5) is 0 Å². The van der Waals surface area contributed by atoms with Crippen molar-refractivity contribution in [2.75, 3.05) is 18.1 Å². The molecule has 0 aliphatic carbocycles. The van der Waals surface area contributed by atoms with Gasteiger partial charge in [0.05, 0.1) is 5.75 Å². The lowest BCUT2D eigenvalue weighted by molar-refractivity contribution is 0.589. The Morgan fingerprint density at radius 3 is 2.44 bits per heavy atom. The van der Waals surface area contributed by atoms with E-state index in [9.17, 15) is 8.42 Å². The van der Waals surface area contributed by atoms with Crippen LogP contribution in [0.3, 0.4) is 0 Å². The van der Waals surface area contributed by atoms with Crippen LogP contribution in [0, 0.1) is 0 Å². The van der Waals surface area contributed by atoms with Gasteiger partial charge in [0.15, 0.2) is 9.84 Å². The van der Waals surface area contributed by atoms with Gasteiger partial charge in [0.2, 0.25) is 0 Å². The molecule has 0 saturated carbocycles. The van der Waals surface area contributed by atoms with Gasteiger partial charge in [-0.1, -0.05) is 37.3 Å². The minimum absolute atomic E-state index is 0.230. The summed E-state index contributed by atoms with van der Waals surface area (Å²) in [5.41, 5.74) is 1.18. The molecule has 1 aromatic rings. The third-order valence-electron chi connectivity index (χ3n) is 2.28. The van der Waals surface area contributed by atoms with Crippen LogP contribution in [0.1, 0.15) is 18.9 Å². The fourth-order valence-electron chi connectivity index (χ4n) is 1.47. The molecule has 0 radical (unpaired) electrons. The van der Waals surface area contributed by atoms with Crippen LogP contribution in [0.2, 0.25) is 0 Å². The molecule has 0 atom stereocenters. The Hall–Kier alpha value is -0.870. The monoisotopic (exact) mass is 241 g/mol. The quantitative estimate of drug-likeness (QED) is 0.738. The molecule has 1 rings (SSSR count). The Morgan fingerprint density at radius 1 is 1.12 bits per heavy atom. The zero-order valence-electron chi connectivity index (χ0n) is 9.65. The number of sulfone groups is 1. The van der Waals surface area contributed by atoms with Gasteiger partial charge in [-0.3, -0.25) is 0 Å². The fraction of sp³-hybridized carbons (Fsp3) is 0.500. The zero-order valence-corrected chi connectivity index (χ0v) is 10.5. The summed E-state index contributed by atoms with van der Waals surface area (Å²) in [5.74, 6) is 0.522. The summed E-state index contributed by atoms with van der Waals surface area (Å²) in [6.45, 7) is 3.13. The first-order valence-electron chi connectivity index (χ1n) is 5.59. The van der Waals surface area contributed by atoms with Crippen molar-refractivity contribution in [3.63, 3.8) is 0 Å². The van der Waals surface area contributed by atoms with Crippen molar-refractivity contribution in [2.24, 2.45) is 0 Å². The first kappa shape index (κ1) is 13.2. The van der Waals surface area contributed by atoms with E-state index < -0.39 is 9.84 Å². The summed E-state index contributed by atoms with van der Waals surface area (Å²) in [4.78, 5) is 0. The average Bonchev–Trinajstić information content (AvgIpc) is 2.26. The van der Waals surface area contributed by atoms with E-state index in [2.05, 4.69) is 5.32 Å². The highest BCUT2D eigenvalue weighted by atomic mass is 32.2. The van der Waals surface area contributed by atoms with Crippen LogP contribution in [-0.4, -0.2) is 26.5 Å². The fourth-order valence-corrected chi connectivity index (χ4v) is 2.75. The molecule has 3 nitrogen and oxygen atoms in total. The Bertz CT molecular complexity index is 387. The molecule has 90 valence electrons. The second-order valence-electron chi connectivity index (χ2n) is 3.81. The maximum absolute atomic E-state index is 11.4. The summed E-state index contributed by atoms with van der Waals surface area (Å²) in [5, 5.41) is 3.14. The molecule has 1 aromatic carbocycles. The van der Waals surface area contributed by atoms with Crippen LogP contribution in [0.25, 0.3) is 0 Å². The van der Waals surface area contributed by atoms with Gasteiger partial charge in [-0.2, -0.15) is 0 Å². The summed E-state index contributed by atoms with van der Waals surface area (Å²) in [6.07, 6.45) is 0.695. The van der Waals surface area contributed by atoms with Gasteiger partial charge < -0.3 is 5.32 Å². The number of rotatable bonds is 7. The molecule has 0 saturated heterocycles. The van der Waals surface area contributed by atoms with Crippen molar-refractivity contribution in [2.45, 2.75) is 19.9 Å². The van der Waals surface area contributed by atoms with Crippen LogP contribution >= 0.6 is 0 Å². The summed E-state index contributed by atoms with van der Waals surface area (Å²) in [6, 6.07) is 9.96. The van der Waals surface area contributed by atoms with Crippen molar-refractivity contribution < 1.29 is 8.42 Å². The van der Waals surface area contributed by atoms with Crippen LogP contribution < -0.4 is 5.32 Å². The molecule has 0 amide bonds. The standard InChI is InChI=1S/C12H19NO2S/c1-2-9-16(14,15)10-8-13-11-12-6-4-3-5-7-12/h3-7,13H,2,8-11H2,1H3. The van der Waals surface area contributed by atoms with Crippen molar-refractivity contribution >= 4 is 9.84 Å². The van der Waals surface area contributed by atoms with Gasteiger partial charge in [0.25, 0.3) is 0 Å². The maximum Gasteiger partial charge on any atom is 0.151 e. The second-order valence-corrected chi connectivity index (χ2v) is 6.12. The minimum atomic E-state index is -2.85. The van der Waals surface area contributed by atoms with E-state index in [0.717, 1.165) is 6.54 Å². The molecule has 0 aliphatic heterocycles. The summed E-state index contributed by atoms with van der Waals surface area (Å²) < 4.78 is 22.8. The van der Waals surface area contributed by atoms with E-state index in [-0.39, 0.29) is 5.75 Å². The molecule has 1 N–H and O–H groups in total. The lowest BCUT2D eigenvalue weighted by Gasteiger charge is -2.05. The molecule has 0 bridgehead atoms. The van der Waals surface area contributed by atoms with Crippen LogP contribution in [0.15, 0.2) is 30.3 Å². The summed E-state index contributed by atoms with van der Waals surface area (Å²) in [7, 11) is -2.85. The zero-order chi connectivity index (χ0) is 11.9. The van der Waals surface area contributed by atoms with Crippen LogP contribution in [0.5, 0.6) is 0 Å². The number of benzene rings is 1. The van der Waals surface area contributed by atoms with Gasteiger partial charge in [0, 0.05) is 18.8 Å². The van der Waals surface area contributed by atoms with E-state index in [1.54, 1.807) is 0 Å². The van der Waals surface area contributed by atoms with Gasteiger partial charge in [-0.05, 0) is 12.0 Å². The molecule has 16 heavy (non-hydrogen) atoms. The highest BCUT2D eigenvalue weighted by Gasteiger charge is 2.07. The van der Waals surface area contributed by atoms with Crippen molar-refractivity contribution in [3.8, 4) is 0 Å². The van der Waals surface area contributed by atoms with Gasteiger partial charge in [-0.15, -0.1) is 0 Å². The molecule has 0 heterocycles. The molecule has 0 aromatic heterocycles. The molecular weight excluding hydrogens is 222 g/mol. The molecule has 0 aliphatic rings. The lowest BCUT2D eigenvalue weighted by Crippen LogP contribution is -2.24. The number of hydrogen-bond acceptors (Lipinski definition) is 3. The summed E-state index contributed by atoms with van der Waals surface area (Å²) >= 11 is 0. The van der Waals surface area contributed by atoms with Crippen molar-refractivity contribution in [1.29, 1.82) is 0 Å². The highest BCUT2D eigenvalue weighted by molar-refractivity contribution is 7.91. The topological polar surface area (TPSA) is 46.2 Å². The van der Waals surface area contributed by atoms with E-state index in [1.807, 2.05) is 37.3 Å². The first-order valence-corrected chi connectivity index (χ1v) is 7.41. The van der Waals surface area contributed by atoms with E-state index in [1.165, 1.54) is 5.56 Å². The molecule has 0 fully saturated rings. The maximum atomic E-state index is 11.4. The molecular formula is C12H19NO2S. The predicted octanol–water partition coefficient (Wildman–Crippen LogP) is 1.60. The number of hydrogen-bond donors (Lipinski definition) is 1. The minimum Gasteiger partial charge on any atom is -0.312 e. The first-order chi connectivity index (χ1) is 7.64. The highest BCUT2D eigenvalue weighted by Crippen LogP contribution is 1.97. The van der Waals surface area contributed by atoms with Gasteiger partial charge in [0.1, 0.15) is 0 Å². The van der Waals surface area contributed by atoms with Crippen LogP contribution in [-0.2, 0) is 16.4 Å². The number of nitrogens with one attached hydrogen (secondary N) is 1. The normalized spacial score (nSPS) is 11.6. The second kappa shape index (κ2) is 6.66. The third-order valence-corrected chi connectivity index (χ3v) is 4.13.